The van der Waals surface area contributed by atoms with E-state index in [0.717, 1.165) is 35.2 Å². The van der Waals surface area contributed by atoms with E-state index in [1.807, 2.05) is 30.3 Å². The number of aromatic nitrogens is 2. The number of likely N-dealkylation sites (tertiary alicyclic amines) is 1. The summed E-state index contributed by atoms with van der Waals surface area (Å²) in [5.74, 6) is 2.32. The lowest BCUT2D eigenvalue weighted by Crippen LogP contribution is -2.43. The first kappa shape index (κ1) is 23.9. The van der Waals surface area contributed by atoms with E-state index < -0.39 is 0 Å². The minimum atomic E-state index is -0.179. The van der Waals surface area contributed by atoms with Gasteiger partial charge in [-0.25, -0.2) is 4.39 Å². The van der Waals surface area contributed by atoms with Crippen molar-refractivity contribution in [1.82, 2.24) is 20.4 Å². The van der Waals surface area contributed by atoms with Gasteiger partial charge in [-0.2, -0.15) is 16.7 Å². The van der Waals surface area contributed by atoms with Gasteiger partial charge in [0.2, 0.25) is 17.6 Å². The predicted octanol–water partition coefficient (Wildman–Crippen LogP) is 4.90. The fourth-order valence-electron chi connectivity index (χ4n) is 3.83. The van der Waals surface area contributed by atoms with E-state index in [-0.39, 0.29) is 17.6 Å². The van der Waals surface area contributed by atoms with Gasteiger partial charge in [0, 0.05) is 34.6 Å². The Kier molecular flexibility index (Phi) is 8.52. The number of piperidine rings is 1. The van der Waals surface area contributed by atoms with E-state index in [2.05, 4.69) is 36.3 Å². The number of nitrogens with zero attached hydrogens (tertiary/aromatic N) is 3. The number of thioether (sulfide) groups is 1. The van der Waals surface area contributed by atoms with E-state index in [9.17, 15) is 9.18 Å². The summed E-state index contributed by atoms with van der Waals surface area (Å²) in [5.41, 5.74) is 1.60. The second kappa shape index (κ2) is 11.8. The van der Waals surface area contributed by atoms with Gasteiger partial charge >= 0.3 is 0 Å². The molecule has 1 aliphatic rings. The van der Waals surface area contributed by atoms with Gasteiger partial charge in [-0.15, -0.1) is 0 Å². The molecule has 1 fully saturated rings. The second-order valence-electron chi connectivity index (χ2n) is 8.03. The average molecular weight is 533 g/mol. The SMILES string of the molecule is O=C(NCCSCc1ccccc1F)C1CCCN(Cc2nc(-c3ccc(Br)cc3)no2)C1. The van der Waals surface area contributed by atoms with Gasteiger partial charge in [0.25, 0.3) is 0 Å². The highest BCUT2D eigenvalue weighted by Crippen LogP contribution is 2.22. The summed E-state index contributed by atoms with van der Waals surface area (Å²) >= 11 is 5.04. The van der Waals surface area contributed by atoms with E-state index in [4.69, 9.17) is 4.52 Å². The van der Waals surface area contributed by atoms with Crippen molar-refractivity contribution in [3.05, 3.63) is 70.3 Å². The maximum absolute atomic E-state index is 13.7. The number of hydrogen-bond acceptors (Lipinski definition) is 6. The Balaban J connectivity index is 1.20. The number of hydrogen-bond donors (Lipinski definition) is 1. The van der Waals surface area contributed by atoms with Crippen LogP contribution in [-0.2, 0) is 17.1 Å². The molecule has 1 unspecified atom stereocenters. The number of halogens is 2. The summed E-state index contributed by atoms with van der Waals surface area (Å²) in [6, 6.07) is 14.6. The maximum Gasteiger partial charge on any atom is 0.241 e. The fraction of sp³-hybridized carbons (Fsp3) is 0.375. The van der Waals surface area contributed by atoms with Crippen LogP contribution in [0, 0.1) is 11.7 Å². The zero-order valence-corrected chi connectivity index (χ0v) is 20.6. The molecule has 0 bridgehead atoms. The van der Waals surface area contributed by atoms with Gasteiger partial charge < -0.3 is 9.84 Å². The third-order valence-corrected chi connectivity index (χ3v) is 7.10. The Bertz CT molecular complexity index is 1060. The molecule has 1 aliphatic heterocycles. The van der Waals surface area contributed by atoms with Crippen molar-refractivity contribution in [3.63, 3.8) is 0 Å². The standard InChI is InChI=1S/C24H26BrFN4O2S/c25-20-9-7-17(8-10-20)23-28-22(32-29-23)15-30-12-3-5-18(14-30)24(31)27-11-13-33-16-19-4-1-2-6-21(19)26/h1-2,4,6-10,18H,3,5,11-16H2,(H,27,31). The van der Waals surface area contributed by atoms with Crippen LogP contribution < -0.4 is 5.32 Å². The maximum atomic E-state index is 13.7. The molecule has 2 aromatic carbocycles. The zero-order chi connectivity index (χ0) is 23.0. The highest BCUT2D eigenvalue weighted by molar-refractivity contribution is 9.10. The molecule has 33 heavy (non-hydrogen) atoms. The molecule has 1 aromatic heterocycles. The first-order valence-electron chi connectivity index (χ1n) is 11.0. The Morgan fingerprint density at radius 3 is 2.88 bits per heavy atom. The molecule has 9 heteroatoms. The predicted molar refractivity (Wildman–Crippen MR) is 131 cm³/mol. The van der Waals surface area contributed by atoms with Gasteiger partial charge in [0.1, 0.15) is 5.82 Å². The molecule has 3 aromatic rings. The summed E-state index contributed by atoms with van der Waals surface area (Å²) in [4.78, 5) is 19.3. The van der Waals surface area contributed by atoms with Crippen LogP contribution in [0.3, 0.4) is 0 Å². The van der Waals surface area contributed by atoms with Crippen LogP contribution in [0.4, 0.5) is 4.39 Å². The van der Waals surface area contributed by atoms with Crippen molar-refractivity contribution in [2.75, 3.05) is 25.4 Å². The molecular formula is C24H26BrFN4O2S. The Morgan fingerprint density at radius 1 is 1.24 bits per heavy atom. The number of nitrogens with one attached hydrogen (secondary N) is 1. The summed E-state index contributed by atoms with van der Waals surface area (Å²) < 4.78 is 20.1. The quantitative estimate of drug-likeness (QED) is 0.395. The highest BCUT2D eigenvalue weighted by Gasteiger charge is 2.26. The molecule has 0 radical (unpaired) electrons. The molecule has 1 amide bonds. The van der Waals surface area contributed by atoms with Crippen molar-refractivity contribution in [1.29, 1.82) is 0 Å². The lowest BCUT2D eigenvalue weighted by atomic mass is 9.97. The van der Waals surface area contributed by atoms with Crippen molar-refractivity contribution in [2.24, 2.45) is 5.92 Å². The summed E-state index contributed by atoms with van der Waals surface area (Å²) in [5, 5.41) is 7.12. The highest BCUT2D eigenvalue weighted by atomic mass is 79.9. The third kappa shape index (κ3) is 6.88. The molecule has 1 saturated heterocycles. The monoisotopic (exact) mass is 532 g/mol. The van der Waals surface area contributed by atoms with Crippen LogP contribution in [-0.4, -0.2) is 46.3 Å². The molecule has 1 atom stereocenters. The summed E-state index contributed by atoms with van der Waals surface area (Å²) in [6.07, 6.45) is 1.83. The smallest absolute Gasteiger partial charge is 0.241 e. The van der Waals surface area contributed by atoms with Crippen LogP contribution in [0.1, 0.15) is 24.3 Å². The Hall–Kier alpha value is -2.23. The minimum Gasteiger partial charge on any atom is -0.355 e. The molecule has 0 saturated carbocycles. The average Bonchev–Trinajstić information content (AvgIpc) is 3.29. The largest absolute Gasteiger partial charge is 0.355 e. The molecule has 0 spiro atoms. The zero-order valence-electron chi connectivity index (χ0n) is 18.2. The molecular weight excluding hydrogens is 507 g/mol. The topological polar surface area (TPSA) is 71.3 Å². The van der Waals surface area contributed by atoms with Gasteiger partial charge in [0.15, 0.2) is 0 Å². The van der Waals surface area contributed by atoms with Crippen molar-refractivity contribution in [3.8, 4) is 11.4 Å². The van der Waals surface area contributed by atoms with Crippen molar-refractivity contribution >= 4 is 33.6 Å². The first-order chi connectivity index (χ1) is 16.1. The van der Waals surface area contributed by atoms with Gasteiger partial charge in [0.05, 0.1) is 12.5 Å². The lowest BCUT2D eigenvalue weighted by Gasteiger charge is -2.30. The van der Waals surface area contributed by atoms with Crippen molar-refractivity contribution in [2.45, 2.75) is 25.1 Å². The molecule has 6 nitrogen and oxygen atoms in total. The Morgan fingerprint density at radius 2 is 2.06 bits per heavy atom. The molecule has 174 valence electrons. The second-order valence-corrected chi connectivity index (χ2v) is 10.0. The van der Waals surface area contributed by atoms with E-state index in [1.54, 1.807) is 23.9 Å². The Labute approximate surface area is 205 Å². The third-order valence-electron chi connectivity index (χ3n) is 5.57. The lowest BCUT2D eigenvalue weighted by molar-refractivity contribution is -0.126. The number of amides is 1. The van der Waals surface area contributed by atoms with Crippen LogP contribution in [0.5, 0.6) is 0 Å². The first-order valence-corrected chi connectivity index (χ1v) is 12.9. The number of carbonyl (C=O) groups excluding carboxylic acids is 1. The normalized spacial score (nSPS) is 16.6. The summed E-state index contributed by atoms with van der Waals surface area (Å²) in [7, 11) is 0. The van der Waals surface area contributed by atoms with Gasteiger partial charge in [-0.05, 0) is 55.3 Å². The van der Waals surface area contributed by atoms with Gasteiger partial charge in [-0.3, -0.25) is 9.69 Å². The van der Waals surface area contributed by atoms with E-state index >= 15 is 0 Å². The number of rotatable bonds is 9. The number of carbonyl (C=O) groups is 1. The van der Waals surface area contributed by atoms with Crippen LogP contribution in [0.15, 0.2) is 57.5 Å². The molecule has 1 N–H and O–H groups in total. The van der Waals surface area contributed by atoms with Crippen LogP contribution in [0.25, 0.3) is 11.4 Å². The molecule has 2 heterocycles. The van der Waals surface area contributed by atoms with Crippen molar-refractivity contribution < 1.29 is 13.7 Å². The summed E-state index contributed by atoms with van der Waals surface area (Å²) in [6.45, 7) is 2.68. The number of benzene rings is 2. The molecule has 0 aliphatic carbocycles. The van der Waals surface area contributed by atoms with E-state index in [0.29, 0.717) is 42.7 Å². The van der Waals surface area contributed by atoms with Gasteiger partial charge in [-0.1, -0.05) is 39.3 Å². The van der Waals surface area contributed by atoms with E-state index in [1.165, 1.54) is 6.07 Å². The van der Waals surface area contributed by atoms with Crippen LogP contribution >= 0.6 is 27.7 Å². The minimum absolute atomic E-state index is 0.0517. The van der Waals surface area contributed by atoms with Crippen LogP contribution in [0.2, 0.25) is 0 Å². The fourth-order valence-corrected chi connectivity index (χ4v) is 4.94. The molecule has 4 rings (SSSR count).